The van der Waals surface area contributed by atoms with E-state index in [-0.39, 0.29) is 11.9 Å². The number of benzene rings is 2. The summed E-state index contributed by atoms with van der Waals surface area (Å²) in [6.07, 6.45) is 5.21. The highest BCUT2D eigenvalue weighted by Crippen LogP contribution is 2.29. The van der Waals surface area contributed by atoms with Crippen LogP contribution in [-0.2, 0) is 11.2 Å². The lowest BCUT2D eigenvalue weighted by molar-refractivity contribution is -0.133. The van der Waals surface area contributed by atoms with Gasteiger partial charge in [-0.1, -0.05) is 49.4 Å². The normalized spacial score (nSPS) is 17.3. The van der Waals surface area contributed by atoms with Crippen molar-refractivity contribution in [2.24, 2.45) is 0 Å². The Hall–Kier alpha value is -2.88. The molecule has 0 aliphatic carbocycles. The maximum atomic E-state index is 12.5. The second-order valence-electron chi connectivity index (χ2n) is 7.10. The van der Waals surface area contributed by atoms with Gasteiger partial charge in [-0.05, 0) is 24.1 Å². The minimum absolute atomic E-state index is 0.186. The summed E-state index contributed by atoms with van der Waals surface area (Å²) in [7, 11) is 0. The fourth-order valence-corrected chi connectivity index (χ4v) is 4.05. The fraction of sp³-hybridized carbons (Fsp3) is 0.304. The Bertz CT molecular complexity index is 920. The van der Waals surface area contributed by atoms with Crippen LogP contribution in [0.1, 0.15) is 18.9 Å². The summed E-state index contributed by atoms with van der Waals surface area (Å²) >= 11 is 0. The molecule has 1 fully saturated rings. The predicted molar refractivity (Wildman–Crippen MR) is 110 cm³/mol. The van der Waals surface area contributed by atoms with E-state index < -0.39 is 0 Å². The molecule has 1 amide bonds. The number of fused-ring (bicyclic) bond motifs is 1. The Morgan fingerprint density at radius 3 is 2.74 bits per heavy atom. The molecular formula is C23H25N3O. The first kappa shape index (κ1) is 17.5. The van der Waals surface area contributed by atoms with Crippen molar-refractivity contribution in [3.05, 3.63) is 72.6 Å². The van der Waals surface area contributed by atoms with Crippen molar-refractivity contribution >= 4 is 22.4 Å². The monoisotopic (exact) mass is 359 g/mol. The van der Waals surface area contributed by atoms with Gasteiger partial charge in [0.1, 0.15) is 0 Å². The molecule has 27 heavy (non-hydrogen) atoms. The SMILES string of the molecule is CCC(=O)N1CCN(c2cccc3cnccc23)CC1Cc1ccccc1. The molecular weight excluding hydrogens is 334 g/mol. The largest absolute Gasteiger partial charge is 0.367 e. The molecule has 2 heterocycles. The van der Waals surface area contributed by atoms with Crippen molar-refractivity contribution in [1.29, 1.82) is 0 Å². The van der Waals surface area contributed by atoms with Gasteiger partial charge in [-0.15, -0.1) is 0 Å². The van der Waals surface area contributed by atoms with Crippen molar-refractivity contribution < 1.29 is 4.79 Å². The minimum atomic E-state index is 0.186. The third-order valence-corrected chi connectivity index (χ3v) is 5.42. The van der Waals surface area contributed by atoms with Crippen molar-refractivity contribution in [2.75, 3.05) is 24.5 Å². The van der Waals surface area contributed by atoms with Crippen LogP contribution in [0.2, 0.25) is 0 Å². The van der Waals surface area contributed by atoms with Crippen LogP contribution in [0.15, 0.2) is 67.0 Å². The van der Waals surface area contributed by atoms with E-state index in [1.165, 1.54) is 16.6 Å². The molecule has 1 unspecified atom stereocenters. The fourth-order valence-electron chi connectivity index (χ4n) is 4.05. The highest BCUT2D eigenvalue weighted by atomic mass is 16.2. The first-order chi connectivity index (χ1) is 13.3. The van der Waals surface area contributed by atoms with Crippen molar-refractivity contribution in [2.45, 2.75) is 25.8 Å². The molecule has 0 saturated carbocycles. The van der Waals surface area contributed by atoms with Gasteiger partial charge in [-0.3, -0.25) is 9.78 Å². The van der Waals surface area contributed by atoms with Crippen LogP contribution in [0.5, 0.6) is 0 Å². The zero-order chi connectivity index (χ0) is 18.6. The molecule has 0 bridgehead atoms. The zero-order valence-electron chi connectivity index (χ0n) is 15.7. The number of pyridine rings is 1. The van der Waals surface area contributed by atoms with Crippen LogP contribution < -0.4 is 4.90 Å². The molecule has 0 spiro atoms. The Balaban J connectivity index is 1.63. The molecule has 4 heteroatoms. The van der Waals surface area contributed by atoms with E-state index in [9.17, 15) is 4.79 Å². The average molecular weight is 359 g/mol. The molecule has 1 aliphatic rings. The molecule has 1 saturated heterocycles. The van der Waals surface area contributed by atoms with Crippen LogP contribution in [0.25, 0.3) is 10.8 Å². The van der Waals surface area contributed by atoms with E-state index in [1.54, 1.807) is 0 Å². The number of anilines is 1. The van der Waals surface area contributed by atoms with Gasteiger partial charge in [0.2, 0.25) is 5.91 Å². The Morgan fingerprint density at radius 2 is 1.93 bits per heavy atom. The topological polar surface area (TPSA) is 36.4 Å². The molecule has 1 atom stereocenters. The van der Waals surface area contributed by atoms with Gasteiger partial charge >= 0.3 is 0 Å². The number of amides is 1. The summed E-state index contributed by atoms with van der Waals surface area (Å²) in [4.78, 5) is 21.3. The van der Waals surface area contributed by atoms with E-state index in [4.69, 9.17) is 0 Å². The van der Waals surface area contributed by atoms with E-state index in [1.807, 2.05) is 25.4 Å². The van der Waals surface area contributed by atoms with E-state index in [0.29, 0.717) is 6.42 Å². The number of piperazine rings is 1. The quantitative estimate of drug-likeness (QED) is 0.709. The van der Waals surface area contributed by atoms with E-state index in [2.05, 4.69) is 63.3 Å². The molecule has 138 valence electrons. The van der Waals surface area contributed by atoms with Crippen molar-refractivity contribution in [3.8, 4) is 0 Å². The molecule has 4 nitrogen and oxygen atoms in total. The molecule has 2 aromatic carbocycles. The van der Waals surface area contributed by atoms with Crippen LogP contribution in [0.3, 0.4) is 0 Å². The lowest BCUT2D eigenvalue weighted by Crippen LogP contribution is -2.56. The number of hydrogen-bond donors (Lipinski definition) is 0. The molecule has 0 N–H and O–H groups in total. The number of rotatable bonds is 4. The summed E-state index contributed by atoms with van der Waals surface area (Å²) in [5, 5.41) is 2.38. The summed E-state index contributed by atoms with van der Waals surface area (Å²) in [5.41, 5.74) is 2.51. The second kappa shape index (κ2) is 7.78. The summed E-state index contributed by atoms with van der Waals surface area (Å²) in [6.45, 7) is 4.43. The van der Waals surface area contributed by atoms with Gasteiger partial charge in [-0.2, -0.15) is 0 Å². The van der Waals surface area contributed by atoms with E-state index in [0.717, 1.165) is 31.4 Å². The summed E-state index contributed by atoms with van der Waals surface area (Å²) < 4.78 is 0. The Morgan fingerprint density at radius 1 is 1.07 bits per heavy atom. The van der Waals surface area contributed by atoms with Crippen LogP contribution in [0, 0.1) is 0 Å². The van der Waals surface area contributed by atoms with Gasteiger partial charge < -0.3 is 9.80 Å². The average Bonchev–Trinajstić information content (AvgIpc) is 2.73. The van der Waals surface area contributed by atoms with Crippen LogP contribution >= 0.6 is 0 Å². The van der Waals surface area contributed by atoms with Crippen molar-refractivity contribution in [3.63, 3.8) is 0 Å². The zero-order valence-corrected chi connectivity index (χ0v) is 15.7. The first-order valence-corrected chi connectivity index (χ1v) is 9.67. The van der Waals surface area contributed by atoms with E-state index >= 15 is 0 Å². The molecule has 4 rings (SSSR count). The molecule has 3 aromatic rings. The Kier molecular flexibility index (Phi) is 5.05. The maximum absolute atomic E-state index is 12.5. The molecule has 1 aliphatic heterocycles. The summed E-state index contributed by atoms with van der Waals surface area (Å²) in [6, 6.07) is 19.1. The number of hydrogen-bond acceptors (Lipinski definition) is 3. The van der Waals surface area contributed by atoms with Gasteiger partial charge in [-0.25, -0.2) is 0 Å². The first-order valence-electron chi connectivity index (χ1n) is 9.67. The minimum Gasteiger partial charge on any atom is -0.367 e. The van der Waals surface area contributed by atoms with Crippen LogP contribution in [0.4, 0.5) is 5.69 Å². The summed E-state index contributed by atoms with van der Waals surface area (Å²) in [5.74, 6) is 0.248. The van der Waals surface area contributed by atoms with Gasteiger partial charge in [0.25, 0.3) is 0 Å². The molecule has 1 aromatic heterocycles. The smallest absolute Gasteiger partial charge is 0.222 e. The van der Waals surface area contributed by atoms with Gasteiger partial charge in [0.15, 0.2) is 0 Å². The van der Waals surface area contributed by atoms with Gasteiger partial charge in [0.05, 0.1) is 6.04 Å². The third-order valence-electron chi connectivity index (χ3n) is 5.42. The second-order valence-corrected chi connectivity index (χ2v) is 7.10. The predicted octanol–water partition coefficient (Wildman–Crippen LogP) is 3.90. The molecule has 0 radical (unpaired) electrons. The highest BCUT2D eigenvalue weighted by Gasteiger charge is 2.30. The number of aromatic nitrogens is 1. The van der Waals surface area contributed by atoms with Crippen LogP contribution in [-0.4, -0.2) is 41.5 Å². The standard InChI is InChI=1S/C23H25N3O/c1-2-23(27)26-14-13-25(17-20(26)15-18-7-4-3-5-8-18)22-10-6-9-19-16-24-12-11-21(19)22/h3-12,16,20H,2,13-15,17H2,1H3. The third kappa shape index (κ3) is 3.65. The Labute approximate surface area is 160 Å². The maximum Gasteiger partial charge on any atom is 0.222 e. The number of nitrogens with zero attached hydrogens (tertiary/aromatic N) is 3. The highest BCUT2D eigenvalue weighted by molar-refractivity contribution is 5.93. The lowest BCUT2D eigenvalue weighted by Gasteiger charge is -2.43. The number of carbonyl (C=O) groups excluding carboxylic acids is 1. The van der Waals surface area contributed by atoms with Crippen molar-refractivity contribution in [1.82, 2.24) is 9.88 Å². The van der Waals surface area contributed by atoms with Gasteiger partial charge in [0, 0.05) is 54.9 Å². The lowest BCUT2D eigenvalue weighted by atomic mass is 10.0. The number of carbonyl (C=O) groups is 1.